The van der Waals surface area contributed by atoms with Crippen LogP contribution in [0.1, 0.15) is 36.9 Å². The topological polar surface area (TPSA) is 38.0 Å². The quantitative estimate of drug-likeness (QED) is 0.468. The molecule has 3 N–H and O–H groups in total. The molecule has 0 bridgehead atoms. The van der Waals surface area contributed by atoms with E-state index in [0.717, 1.165) is 29.0 Å². The third-order valence-electron chi connectivity index (χ3n) is 2.66. The lowest BCUT2D eigenvalue weighted by Gasteiger charge is -2.17. The number of aryl methyl sites for hydroxylation is 1. The fourth-order valence-electron chi connectivity index (χ4n) is 1.56. The van der Waals surface area contributed by atoms with E-state index in [2.05, 4.69) is 18.1 Å². The largest absolute Gasteiger partial charge is 0.271 e. The molecular formula is C13H19ClN2. The summed E-state index contributed by atoms with van der Waals surface area (Å²) < 4.78 is 0. The zero-order chi connectivity index (χ0) is 12.1. The van der Waals surface area contributed by atoms with E-state index in [-0.39, 0.29) is 6.04 Å². The van der Waals surface area contributed by atoms with Crippen LogP contribution in [0.3, 0.4) is 0 Å². The molecule has 3 heteroatoms. The maximum Gasteiger partial charge on any atom is 0.0463 e. The lowest BCUT2D eigenvalue weighted by molar-refractivity contribution is 0.515. The maximum atomic E-state index is 6.09. The van der Waals surface area contributed by atoms with Crippen LogP contribution in [0, 0.1) is 6.92 Å². The first-order valence-electron chi connectivity index (χ1n) is 5.41. The summed E-state index contributed by atoms with van der Waals surface area (Å²) in [6.07, 6.45) is 1.89. The first-order valence-corrected chi connectivity index (χ1v) is 5.79. The van der Waals surface area contributed by atoms with E-state index >= 15 is 0 Å². The van der Waals surface area contributed by atoms with Gasteiger partial charge in [-0.05, 0) is 43.9 Å². The molecule has 1 unspecified atom stereocenters. The molecule has 1 rings (SSSR count). The van der Waals surface area contributed by atoms with Crippen LogP contribution in [0.5, 0.6) is 0 Å². The Bertz CT molecular complexity index is 374. The number of nitrogens with one attached hydrogen (secondary N) is 1. The van der Waals surface area contributed by atoms with Crippen molar-refractivity contribution >= 4 is 11.6 Å². The van der Waals surface area contributed by atoms with Gasteiger partial charge >= 0.3 is 0 Å². The molecule has 1 aromatic rings. The van der Waals surface area contributed by atoms with E-state index in [1.54, 1.807) is 0 Å². The van der Waals surface area contributed by atoms with Gasteiger partial charge in [0.15, 0.2) is 0 Å². The van der Waals surface area contributed by atoms with Crippen molar-refractivity contribution in [2.75, 3.05) is 0 Å². The molecule has 0 aliphatic carbocycles. The molecule has 88 valence electrons. The standard InChI is InChI=1S/C13H19ClN2/c1-9(2)4-7-13(16-15)11-6-5-10(3)12(14)8-11/h5-6,8,13,16H,1,4,7,15H2,2-3H3. The van der Waals surface area contributed by atoms with Gasteiger partial charge in [0, 0.05) is 11.1 Å². The summed E-state index contributed by atoms with van der Waals surface area (Å²) in [6, 6.07) is 6.18. The summed E-state index contributed by atoms with van der Waals surface area (Å²) in [5, 5.41) is 0.785. The van der Waals surface area contributed by atoms with Crippen LogP contribution in [-0.2, 0) is 0 Å². The fraction of sp³-hybridized carbons (Fsp3) is 0.385. The summed E-state index contributed by atoms with van der Waals surface area (Å²) >= 11 is 6.09. The zero-order valence-corrected chi connectivity index (χ0v) is 10.6. The average molecular weight is 239 g/mol. The van der Waals surface area contributed by atoms with Crippen LogP contribution in [0.4, 0.5) is 0 Å². The first kappa shape index (κ1) is 13.2. The molecule has 0 aliphatic rings. The van der Waals surface area contributed by atoms with Crippen LogP contribution in [0.15, 0.2) is 30.4 Å². The van der Waals surface area contributed by atoms with Crippen LogP contribution in [0.2, 0.25) is 5.02 Å². The Morgan fingerprint density at radius 3 is 2.75 bits per heavy atom. The van der Waals surface area contributed by atoms with Crippen molar-refractivity contribution in [1.82, 2.24) is 5.43 Å². The van der Waals surface area contributed by atoms with E-state index in [4.69, 9.17) is 17.4 Å². The predicted octanol–water partition coefficient (Wildman–Crippen LogP) is 3.51. The van der Waals surface area contributed by atoms with Gasteiger partial charge in [0.25, 0.3) is 0 Å². The van der Waals surface area contributed by atoms with E-state index in [0.29, 0.717) is 0 Å². The van der Waals surface area contributed by atoms with E-state index in [1.807, 2.05) is 26.0 Å². The van der Waals surface area contributed by atoms with Crippen molar-refractivity contribution in [3.8, 4) is 0 Å². The third kappa shape index (κ3) is 3.63. The molecule has 0 heterocycles. The summed E-state index contributed by atoms with van der Waals surface area (Å²) in [7, 11) is 0. The Labute approximate surface area is 102 Å². The smallest absolute Gasteiger partial charge is 0.0463 e. The minimum Gasteiger partial charge on any atom is -0.271 e. The van der Waals surface area contributed by atoms with Crippen molar-refractivity contribution in [1.29, 1.82) is 0 Å². The Balaban J connectivity index is 2.78. The summed E-state index contributed by atoms with van der Waals surface area (Å²) in [5.41, 5.74) is 6.19. The van der Waals surface area contributed by atoms with Crippen molar-refractivity contribution < 1.29 is 0 Å². The van der Waals surface area contributed by atoms with Crippen molar-refractivity contribution in [2.45, 2.75) is 32.7 Å². The van der Waals surface area contributed by atoms with Crippen LogP contribution < -0.4 is 11.3 Å². The van der Waals surface area contributed by atoms with Crippen LogP contribution in [0.25, 0.3) is 0 Å². The fourth-order valence-corrected chi connectivity index (χ4v) is 1.75. The molecule has 0 saturated heterocycles. The normalized spacial score (nSPS) is 12.5. The van der Waals surface area contributed by atoms with Gasteiger partial charge in [-0.25, -0.2) is 0 Å². The molecule has 0 fully saturated rings. The highest BCUT2D eigenvalue weighted by Crippen LogP contribution is 2.24. The molecule has 0 saturated carbocycles. The second-order valence-corrected chi connectivity index (χ2v) is 4.63. The van der Waals surface area contributed by atoms with Crippen LogP contribution >= 0.6 is 11.6 Å². The van der Waals surface area contributed by atoms with Gasteiger partial charge in [-0.15, -0.1) is 6.58 Å². The van der Waals surface area contributed by atoms with E-state index in [1.165, 1.54) is 5.57 Å². The van der Waals surface area contributed by atoms with Gasteiger partial charge in [0.05, 0.1) is 0 Å². The van der Waals surface area contributed by atoms with Crippen molar-refractivity contribution in [2.24, 2.45) is 5.84 Å². The predicted molar refractivity (Wildman–Crippen MR) is 70.3 cm³/mol. The lowest BCUT2D eigenvalue weighted by Crippen LogP contribution is -2.28. The highest BCUT2D eigenvalue weighted by molar-refractivity contribution is 6.31. The SMILES string of the molecule is C=C(C)CCC(NN)c1ccc(C)c(Cl)c1. The zero-order valence-electron chi connectivity index (χ0n) is 9.89. The molecule has 2 nitrogen and oxygen atoms in total. The highest BCUT2D eigenvalue weighted by atomic mass is 35.5. The van der Waals surface area contributed by atoms with Gasteiger partial charge in [-0.2, -0.15) is 0 Å². The Morgan fingerprint density at radius 2 is 2.25 bits per heavy atom. The number of allylic oxidation sites excluding steroid dienone is 1. The number of hydrogen-bond acceptors (Lipinski definition) is 2. The second kappa shape index (κ2) is 6.04. The van der Waals surface area contributed by atoms with Gasteiger partial charge in [0.2, 0.25) is 0 Å². The molecule has 1 atom stereocenters. The molecule has 1 aromatic carbocycles. The second-order valence-electron chi connectivity index (χ2n) is 4.22. The lowest BCUT2D eigenvalue weighted by atomic mass is 9.99. The third-order valence-corrected chi connectivity index (χ3v) is 3.07. The molecule has 0 aliphatic heterocycles. The first-order chi connectivity index (χ1) is 7.54. The number of benzene rings is 1. The van der Waals surface area contributed by atoms with E-state index < -0.39 is 0 Å². The number of hydrazine groups is 1. The summed E-state index contributed by atoms with van der Waals surface area (Å²) in [6.45, 7) is 7.91. The Hall–Kier alpha value is -0.830. The molecule has 0 amide bonds. The molecule has 0 radical (unpaired) electrons. The minimum absolute atomic E-state index is 0.134. The monoisotopic (exact) mass is 238 g/mol. The molecular weight excluding hydrogens is 220 g/mol. The van der Waals surface area contributed by atoms with Crippen molar-refractivity contribution in [3.05, 3.63) is 46.5 Å². The van der Waals surface area contributed by atoms with Crippen LogP contribution in [-0.4, -0.2) is 0 Å². The number of hydrogen-bond donors (Lipinski definition) is 2. The summed E-state index contributed by atoms with van der Waals surface area (Å²) in [4.78, 5) is 0. The minimum atomic E-state index is 0.134. The number of nitrogens with two attached hydrogens (primary N) is 1. The molecule has 16 heavy (non-hydrogen) atoms. The van der Waals surface area contributed by atoms with E-state index in [9.17, 15) is 0 Å². The maximum absolute atomic E-state index is 6.09. The van der Waals surface area contributed by atoms with Crippen molar-refractivity contribution in [3.63, 3.8) is 0 Å². The number of rotatable bonds is 5. The Kier molecular flexibility index (Phi) is 5.00. The average Bonchev–Trinajstić information content (AvgIpc) is 2.23. The van der Waals surface area contributed by atoms with Gasteiger partial charge in [-0.1, -0.05) is 29.3 Å². The Morgan fingerprint density at radius 1 is 1.56 bits per heavy atom. The number of halogens is 1. The van der Waals surface area contributed by atoms with Gasteiger partial charge in [-0.3, -0.25) is 11.3 Å². The summed E-state index contributed by atoms with van der Waals surface area (Å²) in [5.74, 6) is 5.56. The highest BCUT2D eigenvalue weighted by Gasteiger charge is 2.10. The molecule has 0 aromatic heterocycles. The molecule has 0 spiro atoms. The van der Waals surface area contributed by atoms with Gasteiger partial charge < -0.3 is 0 Å². The van der Waals surface area contributed by atoms with Gasteiger partial charge in [0.1, 0.15) is 0 Å².